The molecule has 2 aliphatic rings. The van der Waals surface area contributed by atoms with E-state index in [0.717, 1.165) is 87.8 Å². The smallest absolute Gasteiger partial charge is 0.430 e. The van der Waals surface area contributed by atoms with Crippen LogP contribution in [-0.2, 0) is 24.0 Å². The zero-order valence-corrected chi connectivity index (χ0v) is 56.4. The number of benzene rings is 1. The second kappa shape index (κ2) is 42.7. The van der Waals surface area contributed by atoms with E-state index < -0.39 is 18.1 Å². The molecule has 1 saturated carbocycles. The number of nitrogens with two attached hydrogens (primary N) is 2. The summed E-state index contributed by atoms with van der Waals surface area (Å²) in [4.78, 5) is 86.4. The van der Waals surface area contributed by atoms with Crippen LogP contribution in [0.3, 0.4) is 0 Å². The molecular weight excluding hydrogens is 1200 g/mol. The van der Waals surface area contributed by atoms with Crippen molar-refractivity contribution in [2.75, 3.05) is 103 Å². The van der Waals surface area contributed by atoms with Gasteiger partial charge in [-0.2, -0.15) is 13.2 Å². The third kappa shape index (κ3) is 32.4. The first kappa shape index (κ1) is 78.9. The van der Waals surface area contributed by atoms with Crippen LogP contribution in [0.15, 0.2) is 54.7 Å². The van der Waals surface area contributed by atoms with Crippen LogP contribution in [0.25, 0.3) is 0 Å². The number of nitrogens with one attached hydrogen (secondary N) is 3. The highest BCUT2D eigenvalue weighted by molar-refractivity contribution is 6.09. The summed E-state index contributed by atoms with van der Waals surface area (Å²) < 4.78 is 43.7. The average molecular weight is 1310 g/mol. The Morgan fingerprint density at radius 3 is 1.76 bits per heavy atom. The van der Waals surface area contributed by atoms with Gasteiger partial charge in [-0.25, -0.2) is 9.97 Å². The summed E-state index contributed by atoms with van der Waals surface area (Å²) in [6, 6.07) is 15.6. The number of aromatic nitrogens is 2. The van der Waals surface area contributed by atoms with E-state index in [9.17, 15) is 42.3 Å². The number of piperidine rings is 1. The maximum atomic E-state index is 15.0. The minimum atomic E-state index is -5.19. The molecular formula is C70H111F3N10O10. The number of unbranched alkanes of at least 4 members (excludes halogenated alkanes) is 18. The molecule has 5 rings (SSSR count). The summed E-state index contributed by atoms with van der Waals surface area (Å²) in [5.74, 6) is -1.52. The van der Waals surface area contributed by atoms with Gasteiger partial charge in [-0.1, -0.05) is 135 Å². The molecule has 1 saturated heterocycles. The molecule has 8 N–H and O–H groups in total. The number of quaternary nitrogens is 1. The van der Waals surface area contributed by atoms with Crippen molar-refractivity contribution < 1.29 is 66.1 Å². The molecule has 1 aliphatic heterocycles. The Morgan fingerprint density at radius 2 is 1.27 bits per heavy atom. The standard InChI is InChI=1S/C68H110N10O8.C2HF3O2/c1-53-26-25-27-61(75-53)77(67(84)58-32-31-57(85-5)47-60(58)76-43-34-54(35-44-76)51-86-65-46-56(33-39-74-65)59(48-66(82)83)55-29-30-55)52-68(2,3)36-24-22-20-18-16-14-12-10-8-6-7-9-11-13-15-17-19-21-23-28-62(79)73-42-45-78(4,49-63(80)71-40-37-69)50-64(81)72-41-38-70;3-2(4,5)1(6)7/h25-27,31-33,39,46-47,54-55,59H,6-24,28-30,34-38,40-45,48-52,69-70H2,1-5H3,(H3-,71,72,73,79,80,81,82,83);(H,6,7)/t59-;/m0./s1. The van der Waals surface area contributed by atoms with Crippen LogP contribution in [0.2, 0.25) is 0 Å². The SMILES string of the molecule is COc1ccc(C(=O)N(CC(C)(C)CCCCCCCCCCCCCCCCCCCCCC(=O)NCC[N+](C)(CC(=O)NCCN)CC(=O)NCCN)c2cccc(C)n2)c(N2CCC(COc3cc([C@@H](CC(=O)O)C4CC4)ccn3)CC2)c1.O=C([O-])C(F)(F)F. The Morgan fingerprint density at radius 1 is 0.742 bits per heavy atom. The molecule has 0 radical (unpaired) electrons. The number of alkyl halides is 3. The number of carboxylic acids is 2. The molecule has 3 heterocycles. The van der Waals surface area contributed by atoms with E-state index in [-0.39, 0.29) is 59.0 Å². The van der Waals surface area contributed by atoms with Gasteiger partial charge >= 0.3 is 12.1 Å². The van der Waals surface area contributed by atoms with Crippen molar-refractivity contribution in [2.24, 2.45) is 28.7 Å². The van der Waals surface area contributed by atoms with E-state index in [4.69, 9.17) is 35.8 Å². The second-order valence-electron chi connectivity index (χ2n) is 26.6. The highest BCUT2D eigenvalue weighted by atomic mass is 19.4. The fourth-order valence-electron chi connectivity index (χ4n) is 12.1. The van der Waals surface area contributed by atoms with Crippen LogP contribution in [0.1, 0.15) is 208 Å². The quantitative estimate of drug-likeness (QED) is 0.0227. The first-order chi connectivity index (χ1) is 44.5. The number of likely N-dealkylation sites (N-methyl/N-ethyl adjacent to an activating group) is 1. The molecule has 1 atom stereocenters. The third-order valence-corrected chi connectivity index (χ3v) is 17.6. The van der Waals surface area contributed by atoms with Gasteiger partial charge in [0.05, 0.1) is 51.5 Å². The molecule has 1 aromatic carbocycles. The number of anilines is 2. The van der Waals surface area contributed by atoms with E-state index in [1.165, 1.54) is 96.3 Å². The van der Waals surface area contributed by atoms with Crippen LogP contribution in [0.4, 0.5) is 24.7 Å². The molecule has 0 spiro atoms. The molecule has 4 amide bonds. The number of ether oxygens (including phenoxy) is 2. The summed E-state index contributed by atoms with van der Waals surface area (Å²) in [5.41, 5.74) is 14.3. The summed E-state index contributed by atoms with van der Waals surface area (Å²) in [5, 5.41) is 26.9. The average Bonchev–Trinajstić information content (AvgIpc) is 1.88. The number of pyridine rings is 2. The van der Waals surface area contributed by atoms with Crippen LogP contribution in [0, 0.1) is 24.2 Å². The van der Waals surface area contributed by atoms with Crippen molar-refractivity contribution in [2.45, 2.75) is 200 Å². The normalized spacial score (nSPS) is 13.9. The van der Waals surface area contributed by atoms with Crippen molar-refractivity contribution >= 4 is 47.1 Å². The predicted octanol–water partition coefficient (Wildman–Crippen LogP) is 9.93. The van der Waals surface area contributed by atoms with E-state index in [1.807, 2.05) is 67.4 Å². The van der Waals surface area contributed by atoms with Crippen molar-refractivity contribution in [1.82, 2.24) is 25.9 Å². The second-order valence-corrected chi connectivity index (χ2v) is 26.6. The zero-order valence-electron chi connectivity index (χ0n) is 56.4. The Labute approximate surface area is 551 Å². The maximum absolute atomic E-state index is 15.0. The Balaban J connectivity index is 0.00000248. The van der Waals surface area contributed by atoms with Crippen molar-refractivity contribution in [3.8, 4) is 11.6 Å². The molecule has 522 valence electrons. The molecule has 1 aliphatic carbocycles. The summed E-state index contributed by atoms with van der Waals surface area (Å²) in [6.07, 6.45) is 25.7. The van der Waals surface area contributed by atoms with Gasteiger partial charge in [-0.3, -0.25) is 28.9 Å². The molecule has 23 heteroatoms. The van der Waals surface area contributed by atoms with Crippen molar-refractivity contribution in [3.63, 3.8) is 0 Å². The topological polar surface area (TPSA) is 285 Å². The molecule has 2 fully saturated rings. The lowest BCUT2D eigenvalue weighted by Crippen LogP contribution is -2.57. The molecule has 20 nitrogen and oxygen atoms in total. The van der Waals surface area contributed by atoms with Gasteiger partial charge in [-0.15, -0.1) is 0 Å². The van der Waals surface area contributed by atoms with Gasteiger partial charge in [0.15, 0.2) is 13.1 Å². The lowest BCUT2D eigenvalue weighted by Gasteiger charge is -2.36. The third-order valence-electron chi connectivity index (χ3n) is 17.6. The van der Waals surface area contributed by atoms with Crippen molar-refractivity contribution in [3.05, 3.63) is 71.5 Å². The largest absolute Gasteiger partial charge is 0.542 e. The zero-order chi connectivity index (χ0) is 68.1. The van der Waals surface area contributed by atoms with E-state index in [0.29, 0.717) is 93.7 Å². The fraction of sp³-hybridized carbons (Fsp3) is 0.686. The van der Waals surface area contributed by atoms with Gasteiger partial charge in [-0.05, 0) is 105 Å². The number of aliphatic carboxylic acids is 2. The van der Waals surface area contributed by atoms with E-state index >= 15 is 0 Å². The molecule has 0 unspecified atom stereocenters. The minimum absolute atomic E-state index is 0.00763. The first-order valence-electron chi connectivity index (χ1n) is 34.3. The van der Waals surface area contributed by atoms with Gasteiger partial charge in [0.2, 0.25) is 11.8 Å². The van der Waals surface area contributed by atoms with E-state index in [1.54, 1.807) is 13.3 Å². The van der Waals surface area contributed by atoms with Crippen molar-refractivity contribution in [1.29, 1.82) is 0 Å². The maximum Gasteiger partial charge on any atom is 0.430 e. The van der Waals surface area contributed by atoms with Crippen LogP contribution in [0.5, 0.6) is 11.6 Å². The van der Waals surface area contributed by atoms with Gasteiger partial charge < -0.3 is 61.3 Å². The number of carbonyl (C=O) groups excluding carboxylic acids is 5. The number of carbonyl (C=O) groups is 6. The monoisotopic (exact) mass is 1310 g/mol. The van der Waals surface area contributed by atoms with Crippen LogP contribution in [-0.4, -0.2) is 154 Å². The lowest BCUT2D eigenvalue weighted by molar-refractivity contribution is -0.893. The predicted molar refractivity (Wildman–Crippen MR) is 356 cm³/mol. The number of methoxy groups -OCH3 is 1. The fourth-order valence-corrected chi connectivity index (χ4v) is 12.1. The van der Waals surface area contributed by atoms with Crippen LogP contribution < -0.4 is 51.8 Å². The molecule has 2 aromatic heterocycles. The van der Waals surface area contributed by atoms with Gasteiger partial charge in [0.25, 0.3) is 17.7 Å². The molecule has 0 bridgehead atoms. The number of aryl methyl sites for hydroxylation is 1. The number of nitrogens with zero attached hydrogens (tertiary/aromatic N) is 5. The summed E-state index contributed by atoms with van der Waals surface area (Å²) in [6.45, 7) is 11.7. The van der Waals surface area contributed by atoms with Crippen LogP contribution >= 0.6 is 0 Å². The summed E-state index contributed by atoms with van der Waals surface area (Å²) in [7, 11) is 3.52. The first-order valence-corrected chi connectivity index (χ1v) is 34.3. The number of rotatable bonds is 46. The lowest BCUT2D eigenvalue weighted by atomic mass is 9.85. The summed E-state index contributed by atoms with van der Waals surface area (Å²) >= 11 is 0. The molecule has 93 heavy (non-hydrogen) atoms. The Bertz CT molecular complexity index is 2690. The highest BCUT2D eigenvalue weighted by Gasteiger charge is 2.35. The molecule has 3 aromatic rings. The Kier molecular flexibility index (Phi) is 36.2. The van der Waals surface area contributed by atoms with E-state index in [2.05, 4.69) is 39.7 Å². The Hall–Kier alpha value is -6.59. The number of hydrogen-bond acceptors (Lipinski definition) is 14. The number of carboxylic acid groups (broad SMARTS) is 2. The highest BCUT2D eigenvalue weighted by Crippen LogP contribution is 2.45. The minimum Gasteiger partial charge on any atom is -0.542 e. The number of hydrogen-bond donors (Lipinski definition) is 6. The number of halogens is 3. The number of amides is 4. The van der Waals surface area contributed by atoms with Gasteiger partial charge in [0.1, 0.15) is 17.5 Å². The van der Waals surface area contributed by atoms with Gasteiger partial charge in [0, 0.05) is 76.3 Å².